The first-order valence-electron chi connectivity index (χ1n) is 11.0. The van der Waals surface area contributed by atoms with Crippen LogP contribution in [0.5, 0.6) is 0 Å². The van der Waals surface area contributed by atoms with Crippen molar-refractivity contribution in [2.24, 2.45) is 5.92 Å². The average molecular weight is 543 g/mol. The summed E-state index contributed by atoms with van der Waals surface area (Å²) in [6.45, 7) is 8.51. The van der Waals surface area contributed by atoms with Gasteiger partial charge in [0.15, 0.2) is 11.0 Å². The highest BCUT2D eigenvalue weighted by atomic mass is 79.9. The number of thioether (sulfide) groups is 1. The molecule has 1 unspecified atom stereocenters. The smallest absolute Gasteiger partial charge is 0.251 e. The molecule has 7 nitrogen and oxygen atoms in total. The monoisotopic (exact) mass is 541 g/mol. The normalized spacial score (nSPS) is 11.8. The van der Waals surface area contributed by atoms with Crippen LogP contribution in [0.25, 0.3) is 0 Å². The number of benzene rings is 2. The first-order valence-corrected chi connectivity index (χ1v) is 12.7. The standard InChI is InChI=1S/C25H28BrN5O2S/c1-4-14-31-23(21(15-17(2)3)28-24(33)18-8-6-5-7-9-18)29-30-25(31)34-16-22(32)27-20-12-10-19(26)11-13-20/h4-13,17,21H,1,14-16H2,2-3H3,(H,27,32)(H,28,33). The highest BCUT2D eigenvalue weighted by Gasteiger charge is 2.24. The molecule has 0 aliphatic heterocycles. The quantitative estimate of drug-likeness (QED) is 0.248. The fraction of sp³-hybridized carbons (Fsp3) is 0.280. The lowest BCUT2D eigenvalue weighted by molar-refractivity contribution is -0.113. The van der Waals surface area contributed by atoms with E-state index in [4.69, 9.17) is 0 Å². The predicted octanol–water partition coefficient (Wildman–Crippen LogP) is 5.47. The zero-order valence-corrected chi connectivity index (χ0v) is 21.6. The van der Waals surface area contributed by atoms with Crippen LogP contribution in [0.2, 0.25) is 0 Å². The Balaban J connectivity index is 1.75. The molecule has 178 valence electrons. The number of allylic oxidation sites excluding steroid dienone is 1. The van der Waals surface area contributed by atoms with Gasteiger partial charge in [0.25, 0.3) is 5.91 Å². The van der Waals surface area contributed by atoms with Crippen molar-refractivity contribution in [3.8, 4) is 0 Å². The summed E-state index contributed by atoms with van der Waals surface area (Å²) in [6, 6.07) is 16.2. The lowest BCUT2D eigenvalue weighted by Gasteiger charge is -2.21. The van der Waals surface area contributed by atoms with Gasteiger partial charge in [-0.3, -0.25) is 9.59 Å². The minimum absolute atomic E-state index is 0.141. The Kier molecular flexibility index (Phi) is 9.47. The van der Waals surface area contributed by atoms with Crippen LogP contribution >= 0.6 is 27.7 Å². The lowest BCUT2D eigenvalue weighted by Crippen LogP contribution is -2.31. The van der Waals surface area contributed by atoms with E-state index in [-0.39, 0.29) is 23.6 Å². The number of hydrogen-bond acceptors (Lipinski definition) is 5. The highest BCUT2D eigenvalue weighted by Crippen LogP contribution is 2.26. The third-order valence-corrected chi connectivity index (χ3v) is 6.37. The Bertz CT molecular complexity index is 1120. The van der Waals surface area contributed by atoms with Crippen molar-refractivity contribution >= 4 is 45.2 Å². The second kappa shape index (κ2) is 12.5. The van der Waals surface area contributed by atoms with E-state index in [0.717, 1.165) is 10.2 Å². The third-order valence-electron chi connectivity index (χ3n) is 4.88. The van der Waals surface area contributed by atoms with Crippen molar-refractivity contribution in [3.63, 3.8) is 0 Å². The SMILES string of the molecule is C=CCn1c(SCC(=O)Nc2ccc(Br)cc2)nnc1C(CC(C)C)NC(=O)c1ccccc1. The Morgan fingerprint density at radius 1 is 1.12 bits per heavy atom. The third kappa shape index (κ3) is 7.30. The number of nitrogens with zero attached hydrogens (tertiary/aromatic N) is 3. The van der Waals surface area contributed by atoms with E-state index in [1.807, 2.05) is 47.0 Å². The van der Waals surface area contributed by atoms with E-state index in [0.29, 0.717) is 35.4 Å². The highest BCUT2D eigenvalue weighted by molar-refractivity contribution is 9.10. The molecule has 0 spiro atoms. The molecule has 2 aromatic carbocycles. The van der Waals surface area contributed by atoms with Crippen molar-refractivity contribution in [3.05, 3.63) is 83.1 Å². The number of carbonyl (C=O) groups is 2. The Morgan fingerprint density at radius 3 is 2.47 bits per heavy atom. The van der Waals surface area contributed by atoms with E-state index in [1.54, 1.807) is 18.2 Å². The van der Waals surface area contributed by atoms with Crippen LogP contribution < -0.4 is 10.6 Å². The maximum atomic E-state index is 12.8. The zero-order chi connectivity index (χ0) is 24.5. The molecule has 0 saturated heterocycles. The first-order chi connectivity index (χ1) is 16.4. The Morgan fingerprint density at radius 2 is 1.82 bits per heavy atom. The average Bonchev–Trinajstić information content (AvgIpc) is 3.22. The van der Waals surface area contributed by atoms with Crippen LogP contribution in [0.1, 0.15) is 42.5 Å². The molecule has 1 atom stereocenters. The number of halogens is 1. The van der Waals surface area contributed by atoms with Crippen LogP contribution in [-0.4, -0.2) is 32.3 Å². The van der Waals surface area contributed by atoms with E-state index >= 15 is 0 Å². The fourth-order valence-corrected chi connectivity index (χ4v) is 4.38. The fourth-order valence-electron chi connectivity index (χ4n) is 3.36. The van der Waals surface area contributed by atoms with Gasteiger partial charge in [0.1, 0.15) is 0 Å². The summed E-state index contributed by atoms with van der Waals surface area (Å²) in [7, 11) is 0. The van der Waals surface area contributed by atoms with Gasteiger partial charge in [-0.05, 0) is 48.7 Å². The minimum atomic E-state index is -0.328. The number of carbonyl (C=O) groups excluding carboxylic acids is 2. The van der Waals surface area contributed by atoms with Gasteiger partial charge in [0.2, 0.25) is 5.91 Å². The Hall–Kier alpha value is -2.91. The molecule has 2 amide bonds. The van der Waals surface area contributed by atoms with Crippen LogP contribution in [-0.2, 0) is 11.3 Å². The summed E-state index contributed by atoms with van der Waals surface area (Å²) in [5, 5.41) is 15.3. The molecule has 9 heteroatoms. The molecule has 0 aliphatic rings. The molecule has 1 aromatic heterocycles. The summed E-state index contributed by atoms with van der Waals surface area (Å²) in [5.74, 6) is 0.841. The minimum Gasteiger partial charge on any atom is -0.342 e. The number of anilines is 1. The van der Waals surface area contributed by atoms with E-state index in [9.17, 15) is 9.59 Å². The molecular formula is C25H28BrN5O2S. The van der Waals surface area contributed by atoms with Gasteiger partial charge >= 0.3 is 0 Å². The van der Waals surface area contributed by atoms with Gasteiger partial charge in [-0.25, -0.2) is 0 Å². The molecule has 0 bridgehead atoms. The molecule has 0 radical (unpaired) electrons. The molecule has 34 heavy (non-hydrogen) atoms. The summed E-state index contributed by atoms with van der Waals surface area (Å²) in [6.07, 6.45) is 2.45. The van der Waals surface area contributed by atoms with Crippen LogP contribution in [0.15, 0.2) is 76.9 Å². The van der Waals surface area contributed by atoms with Crippen LogP contribution in [0, 0.1) is 5.92 Å². The summed E-state index contributed by atoms with van der Waals surface area (Å²) >= 11 is 4.68. The summed E-state index contributed by atoms with van der Waals surface area (Å²) < 4.78 is 2.85. The van der Waals surface area contributed by atoms with Gasteiger partial charge < -0.3 is 15.2 Å². The molecule has 3 rings (SSSR count). The number of hydrogen-bond donors (Lipinski definition) is 2. The number of nitrogens with one attached hydrogen (secondary N) is 2. The first kappa shape index (κ1) is 25.7. The van der Waals surface area contributed by atoms with Crippen molar-refractivity contribution in [2.45, 2.75) is 38.0 Å². The molecular weight excluding hydrogens is 514 g/mol. The topological polar surface area (TPSA) is 88.9 Å². The molecule has 3 aromatic rings. The van der Waals surface area contributed by atoms with Crippen molar-refractivity contribution in [1.82, 2.24) is 20.1 Å². The van der Waals surface area contributed by atoms with Crippen molar-refractivity contribution in [2.75, 3.05) is 11.1 Å². The number of rotatable bonds is 11. The molecule has 0 saturated carbocycles. The Labute approximate surface area is 212 Å². The van der Waals surface area contributed by atoms with Crippen molar-refractivity contribution < 1.29 is 9.59 Å². The summed E-state index contributed by atoms with van der Waals surface area (Å²) in [5.41, 5.74) is 1.31. The maximum absolute atomic E-state index is 12.8. The summed E-state index contributed by atoms with van der Waals surface area (Å²) in [4.78, 5) is 25.3. The van der Waals surface area contributed by atoms with E-state index in [2.05, 4.69) is 57.2 Å². The molecule has 0 aliphatic carbocycles. The van der Waals surface area contributed by atoms with Gasteiger partial charge in [0.05, 0.1) is 11.8 Å². The largest absolute Gasteiger partial charge is 0.342 e. The van der Waals surface area contributed by atoms with Gasteiger partial charge in [-0.2, -0.15) is 0 Å². The van der Waals surface area contributed by atoms with Gasteiger partial charge in [-0.15, -0.1) is 16.8 Å². The van der Waals surface area contributed by atoms with Gasteiger partial charge in [-0.1, -0.05) is 65.8 Å². The number of amides is 2. The van der Waals surface area contributed by atoms with E-state index < -0.39 is 0 Å². The predicted molar refractivity (Wildman–Crippen MR) is 140 cm³/mol. The molecule has 1 heterocycles. The molecule has 0 fully saturated rings. The van der Waals surface area contributed by atoms with Gasteiger partial charge in [0, 0.05) is 22.3 Å². The second-order valence-corrected chi connectivity index (χ2v) is 9.96. The van der Waals surface area contributed by atoms with Crippen LogP contribution in [0.4, 0.5) is 5.69 Å². The molecule has 2 N–H and O–H groups in total. The maximum Gasteiger partial charge on any atom is 0.251 e. The lowest BCUT2D eigenvalue weighted by atomic mass is 10.0. The van der Waals surface area contributed by atoms with E-state index in [1.165, 1.54) is 11.8 Å². The second-order valence-electron chi connectivity index (χ2n) is 8.11. The number of aromatic nitrogens is 3. The zero-order valence-electron chi connectivity index (χ0n) is 19.2. The van der Waals surface area contributed by atoms with Crippen LogP contribution in [0.3, 0.4) is 0 Å². The van der Waals surface area contributed by atoms with Crippen molar-refractivity contribution in [1.29, 1.82) is 0 Å².